The van der Waals surface area contributed by atoms with Crippen LogP contribution < -0.4 is 0 Å². The molecular weight excluding hydrogens is 272 g/mol. The predicted molar refractivity (Wildman–Crippen MR) is 57.2 cm³/mol. The van der Waals surface area contributed by atoms with E-state index in [-0.39, 0.29) is 0 Å². The Bertz CT molecular complexity index is 260. The van der Waals surface area contributed by atoms with E-state index < -0.39 is 0 Å². The number of hydrogen-bond donors (Lipinski definition) is 0. The maximum atomic E-state index is 5.68. The van der Waals surface area contributed by atoms with E-state index in [1.165, 1.54) is 0 Å². The highest BCUT2D eigenvalue weighted by Crippen LogP contribution is 2.06. The van der Waals surface area contributed by atoms with Crippen molar-refractivity contribution >= 4 is 40.3 Å². The lowest BCUT2D eigenvalue weighted by atomic mass is 10.3. The molecule has 0 aliphatic rings. The maximum absolute atomic E-state index is 5.68. The zero-order valence-electron chi connectivity index (χ0n) is 5.80. The first-order valence-electron chi connectivity index (χ1n) is 3.18. The third-order valence-corrected chi connectivity index (χ3v) is 1.83. The molecule has 0 fully saturated rings. The van der Waals surface area contributed by atoms with Crippen molar-refractivity contribution < 1.29 is 0 Å². The van der Waals surface area contributed by atoms with Gasteiger partial charge in [0, 0.05) is 4.43 Å². The van der Waals surface area contributed by atoms with Crippen LogP contribution in [0.5, 0.6) is 0 Å². The first-order valence-corrected chi connectivity index (χ1v) is 5.08. The summed E-state index contributed by atoms with van der Waals surface area (Å²) in [7, 11) is 0. The normalized spacial score (nSPS) is 10.7. The lowest BCUT2D eigenvalue weighted by molar-refractivity contribution is 1.29. The number of rotatable bonds is 2. The molecule has 0 bridgehead atoms. The zero-order chi connectivity index (χ0) is 8.10. The fraction of sp³-hybridized carbons (Fsp3) is 0.125. The minimum absolute atomic E-state index is 0.542. The SMILES string of the molecule is Clc1cccc(C=CCI)n1. The number of pyridine rings is 1. The van der Waals surface area contributed by atoms with Crippen molar-refractivity contribution in [1.29, 1.82) is 0 Å². The molecule has 3 heteroatoms. The van der Waals surface area contributed by atoms with Gasteiger partial charge in [-0.2, -0.15) is 0 Å². The molecule has 1 heterocycles. The quantitative estimate of drug-likeness (QED) is 0.460. The summed E-state index contributed by atoms with van der Waals surface area (Å²) >= 11 is 7.95. The number of halogens is 2. The molecule has 1 rings (SSSR count). The van der Waals surface area contributed by atoms with Gasteiger partial charge in [-0.15, -0.1) is 0 Å². The second kappa shape index (κ2) is 4.72. The second-order valence-electron chi connectivity index (χ2n) is 1.94. The molecule has 11 heavy (non-hydrogen) atoms. The molecular formula is C8H7ClIN. The van der Waals surface area contributed by atoms with Crippen molar-refractivity contribution in [3.05, 3.63) is 35.1 Å². The molecule has 0 saturated carbocycles. The van der Waals surface area contributed by atoms with Gasteiger partial charge in [-0.1, -0.05) is 46.3 Å². The van der Waals surface area contributed by atoms with E-state index in [1.807, 2.05) is 24.3 Å². The average Bonchev–Trinajstić information content (AvgIpc) is 2.01. The summed E-state index contributed by atoms with van der Waals surface area (Å²) in [5.74, 6) is 0. The van der Waals surface area contributed by atoms with Gasteiger partial charge >= 0.3 is 0 Å². The van der Waals surface area contributed by atoms with Gasteiger partial charge < -0.3 is 0 Å². The molecule has 1 aromatic rings. The Labute approximate surface area is 84.6 Å². The Morgan fingerprint density at radius 1 is 1.55 bits per heavy atom. The summed E-state index contributed by atoms with van der Waals surface area (Å²) in [6.07, 6.45) is 4.00. The molecule has 0 aliphatic heterocycles. The number of nitrogens with zero attached hydrogens (tertiary/aromatic N) is 1. The summed E-state index contributed by atoms with van der Waals surface area (Å²) in [5.41, 5.74) is 0.911. The number of allylic oxidation sites excluding steroid dienone is 1. The van der Waals surface area contributed by atoms with Gasteiger partial charge in [0.1, 0.15) is 5.15 Å². The van der Waals surface area contributed by atoms with Crippen LogP contribution in [0.15, 0.2) is 24.3 Å². The van der Waals surface area contributed by atoms with E-state index in [0.717, 1.165) is 10.1 Å². The number of aromatic nitrogens is 1. The van der Waals surface area contributed by atoms with Gasteiger partial charge in [0.2, 0.25) is 0 Å². The molecule has 0 amide bonds. The van der Waals surface area contributed by atoms with Crippen molar-refractivity contribution in [3.63, 3.8) is 0 Å². The molecule has 1 aromatic heterocycles. The van der Waals surface area contributed by atoms with Crippen LogP contribution in [0, 0.1) is 0 Å². The Balaban J connectivity index is 2.79. The van der Waals surface area contributed by atoms with Crippen LogP contribution >= 0.6 is 34.2 Å². The van der Waals surface area contributed by atoms with Crippen molar-refractivity contribution in [2.75, 3.05) is 4.43 Å². The van der Waals surface area contributed by atoms with Gasteiger partial charge in [-0.05, 0) is 18.2 Å². The van der Waals surface area contributed by atoms with Crippen LogP contribution in [0.2, 0.25) is 5.15 Å². The molecule has 0 unspecified atom stereocenters. The summed E-state index contributed by atoms with van der Waals surface area (Å²) in [4.78, 5) is 4.09. The third-order valence-electron chi connectivity index (χ3n) is 1.11. The third kappa shape index (κ3) is 3.20. The van der Waals surface area contributed by atoms with Crippen LogP contribution in [0.3, 0.4) is 0 Å². The number of hydrogen-bond acceptors (Lipinski definition) is 1. The molecule has 0 radical (unpaired) electrons. The van der Waals surface area contributed by atoms with Crippen LogP contribution in [-0.2, 0) is 0 Å². The predicted octanol–water partition coefficient (Wildman–Crippen LogP) is 3.18. The van der Waals surface area contributed by atoms with Crippen LogP contribution in [0.4, 0.5) is 0 Å². The lowest BCUT2D eigenvalue weighted by Gasteiger charge is -1.91. The minimum Gasteiger partial charge on any atom is -0.237 e. The molecule has 58 valence electrons. The van der Waals surface area contributed by atoms with Crippen molar-refractivity contribution in [2.24, 2.45) is 0 Å². The van der Waals surface area contributed by atoms with Crippen LogP contribution in [0.25, 0.3) is 6.08 Å². The lowest BCUT2D eigenvalue weighted by Crippen LogP contribution is -1.79. The van der Waals surface area contributed by atoms with E-state index in [2.05, 4.69) is 27.6 Å². The maximum Gasteiger partial charge on any atom is 0.129 e. The fourth-order valence-electron chi connectivity index (χ4n) is 0.682. The average molecular weight is 280 g/mol. The molecule has 0 atom stereocenters. The first-order chi connectivity index (χ1) is 5.33. The number of alkyl halides is 1. The highest BCUT2D eigenvalue weighted by atomic mass is 127. The topological polar surface area (TPSA) is 12.9 Å². The first kappa shape index (κ1) is 9.00. The van der Waals surface area contributed by atoms with Gasteiger partial charge in [-0.25, -0.2) is 4.98 Å². The molecule has 1 nitrogen and oxygen atoms in total. The largest absolute Gasteiger partial charge is 0.237 e. The van der Waals surface area contributed by atoms with E-state index in [4.69, 9.17) is 11.6 Å². The molecule has 0 N–H and O–H groups in total. The Morgan fingerprint density at radius 2 is 2.36 bits per heavy atom. The Kier molecular flexibility index (Phi) is 3.86. The van der Waals surface area contributed by atoms with Gasteiger partial charge in [0.25, 0.3) is 0 Å². The van der Waals surface area contributed by atoms with E-state index in [1.54, 1.807) is 6.07 Å². The molecule has 0 aliphatic carbocycles. The van der Waals surface area contributed by atoms with Crippen molar-refractivity contribution in [2.45, 2.75) is 0 Å². The van der Waals surface area contributed by atoms with Gasteiger partial charge in [0.05, 0.1) is 5.69 Å². The van der Waals surface area contributed by atoms with Gasteiger partial charge in [0.15, 0.2) is 0 Å². The standard InChI is InChI=1S/C8H7ClIN/c9-8-5-1-3-7(11-8)4-2-6-10/h1-5H,6H2. The van der Waals surface area contributed by atoms with Crippen LogP contribution in [0.1, 0.15) is 5.69 Å². The van der Waals surface area contributed by atoms with E-state index in [0.29, 0.717) is 5.15 Å². The summed E-state index contributed by atoms with van der Waals surface area (Å²) < 4.78 is 0.992. The zero-order valence-corrected chi connectivity index (χ0v) is 8.71. The second-order valence-corrected chi connectivity index (χ2v) is 3.21. The smallest absolute Gasteiger partial charge is 0.129 e. The van der Waals surface area contributed by atoms with Gasteiger partial charge in [-0.3, -0.25) is 0 Å². The summed E-state index contributed by atoms with van der Waals surface area (Å²) in [6, 6.07) is 5.58. The summed E-state index contributed by atoms with van der Waals surface area (Å²) in [6.45, 7) is 0. The summed E-state index contributed by atoms with van der Waals surface area (Å²) in [5, 5.41) is 0.542. The van der Waals surface area contributed by atoms with Crippen molar-refractivity contribution in [1.82, 2.24) is 4.98 Å². The van der Waals surface area contributed by atoms with E-state index >= 15 is 0 Å². The van der Waals surface area contributed by atoms with Crippen molar-refractivity contribution in [3.8, 4) is 0 Å². The molecule has 0 saturated heterocycles. The monoisotopic (exact) mass is 279 g/mol. The minimum atomic E-state index is 0.542. The Morgan fingerprint density at radius 3 is 3.00 bits per heavy atom. The Hall–Kier alpha value is -0.0900. The van der Waals surface area contributed by atoms with Crippen LogP contribution in [-0.4, -0.2) is 9.41 Å². The highest BCUT2D eigenvalue weighted by molar-refractivity contribution is 14.1. The highest BCUT2D eigenvalue weighted by Gasteiger charge is 1.88. The van der Waals surface area contributed by atoms with E-state index in [9.17, 15) is 0 Å². The fourth-order valence-corrected chi connectivity index (χ4v) is 1.11. The molecule has 0 spiro atoms. The molecule has 0 aromatic carbocycles.